The fourth-order valence-electron chi connectivity index (χ4n) is 2.94. The number of para-hydroxylation sites is 1. The van der Waals surface area contributed by atoms with Crippen LogP contribution in [0.4, 0.5) is 11.4 Å². The van der Waals surface area contributed by atoms with Crippen LogP contribution < -0.4 is 10.6 Å². The molecule has 5 heteroatoms. The predicted molar refractivity (Wildman–Crippen MR) is 95.4 cm³/mol. The summed E-state index contributed by atoms with van der Waals surface area (Å²) in [6.07, 6.45) is 0. The van der Waals surface area contributed by atoms with Gasteiger partial charge in [-0.3, -0.25) is 9.59 Å². The number of ketones is 1. The zero-order valence-corrected chi connectivity index (χ0v) is 13.7. The van der Waals surface area contributed by atoms with Crippen molar-refractivity contribution in [2.24, 2.45) is 0 Å². The molecule has 0 unspecified atom stereocenters. The minimum Gasteiger partial charge on any atom is -0.398 e. The van der Waals surface area contributed by atoms with Gasteiger partial charge in [-0.05, 0) is 43.3 Å². The van der Waals surface area contributed by atoms with Crippen LogP contribution >= 0.6 is 0 Å². The first-order chi connectivity index (χ1) is 11.6. The van der Waals surface area contributed by atoms with Gasteiger partial charge in [-0.1, -0.05) is 12.1 Å². The van der Waals surface area contributed by atoms with Gasteiger partial charge in [0.05, 0.1) is 5.56 Å². The first-order valence-electron chi connectivity index (χ1n) is 8.06. The number of anilines is 2. The van der Waals surface area contributed by atoms with Gasteiger partial charge in [0.1, 0.15) is 0 Å². The summed E-state index contributed by atoms with van der Waals surface area (Å²) in [5, 5.41) is 0. The second kappa shape index (κ2) is 6.74. The van der Waals surface area contributed by atoms with Gasteiger partial charge >= 0.3 is 0 Å². The lowest BCUT2D eigenvalue weighted by Gasteiger charge is -2.36. The first kappa shape index (κ1) is 16.1. The molecule has 5 nitrogen and oxygen atoms in total. The molecule has 2 aromatic rings. The Morgan fingerprint density at radius 2 is 1.54 bits per heavy atom. The van der Waals surface area contributed by atoms with Crippen LogP contribution in [0, 0.1) is 0 Å². The number of nitrogens with zero attached hydrogens (tertiary/aromatic N) is 2. The quantitative estimate of drug-likeness (QED) is 0.696. The normalized spacial score (nSPS) is 14.5. The third-order valence-electron chi connectivity index (χ3n) is 4.40. The van der Waals surface area contributed by atoms with E-state index in [4.69, 9.17) is 5.73 Å². The van der Waals surface area contributed by atoms with Crippen molar-refractivity contribution in [3.63, 3.8) is 0 Å². The lowest BCUT2D eigenvalue weighted by molar-refractivity contribution is 0.0747. The van der Waals surface area contributed by atoms with E-state index in [1.165, 1.54) is 0 Å². The zero-order valence-electron chi connectivity index (χ0n) is 13.7. The molecule has 2 aromatic carbocycles. The second-order valence-corrected chi connectivity index (χ2v) is 5.97. The number of Topliss-reactive ketones (excluding diaryl/α,β-unsaturated/α-hetero) is 1. The van der Waals surface area contributed by atoms with E-state index in [2.05, 4.69) is 4.90 Å². The van der Waals surface area contributed by atoms with Crippen LogP contribution in [0.3, 0.4) is 0 Å². The van der Waals surface area contributed by atoms with Crippen LogP contribution in [0.25, 0.3) is 0 Å². The Bertz CT molecular complexity index is 747. The van der Waals surface area contributed by atoms with Crippen molar-refractivity contribution >= 4 is 23.1 Å². The van der Waals surface area contributed by atoms with Gasteiger partial charge in [-0.2, -0.15) is 0 Å². The largest absolute Gasteiger partial charge is 0.398 e. The molecule has 1 aliphatic heterocycles. The first-order valence-corrected chi connectivity index (χ1v) is 8.06. The maximum absolute atomic E-state index is 12.6. The summed E-state index contributed by atoms with van der Waals surface area (Å²) in [6, 6.07) is 14.8. The van der Waals surface area contributed by atoms with Crippen molar-refractivity contribution in [3.8, 4) is 0 Å². The average Bonchev–Trinajstić information content (AvgIpc) is 2.62. The van der Waals surface area contributed by atoms with Crippen LogP contribution in [0.1, 0.15) is 27.6 Å². The van der Waals surface area contributed by atoms with Crippen molar-refractivity contribution in [3.05, 3.63) is 59.7 Å². The standard InChI is InChI=1S/C19H21N3O2/c1-14(23)15-6-8-16(9-7-15)21-10-12-22(13-11-21)19(24)17-4-2-3-5-18(17)20/h2-9H,10-13,20H2,1H3. The van der Waals surface area contributed by atoms with Gasteiger partial charge < -0.3 is 15.5 Å². The van der Waals surface area contributed by atoms with Crippen LogP contribution in [0.15, 0.2) is 48.5 Å². The molecule has 1 fully saturated rings. The van der Waals surface area contributed by atoms with E-state index >= 15 is 0 Å². The SMILES string of the molecule is CC(=O)c1ccc(N2CCN(C(=O)c3ccccc3N)CC2)cc1. The Morgan fingerprint density at radius 1 is 0.917 bits per heavy atom. The Hall–Kier alpha value is -2.82. The lowest BCUT2D eigenvalue weighted by atomic mass is 10.1. The number of nitrogens with two attached hydrogens (primary N) is 1. The number of rotatable bonds is 3. The van der Waals surface area contributed by atoms with Gasteiger partial charge in [0.25, 0.3) is 5.91 Å². The molecule has 3 rings (SSSR count). The van der Waals surface area contributed by atoms with Crippen LogP contribution in [-0.2, 0) is 0 Å². The average molecular weight is 323 g/mol. The third kappa shape index (κ3) is 3.25. The summed E-state index contributed by atoms with van der Waals surface area (Å²) in [7, 11) is 0. The van der Waals surface area contributed by atoms with Crippen LogP contribution in [0.5, 0.6) is 0 Å². The molecule has 2 N–H and O–H groups in total. The summed E-state index contributed by atoms with van der Waals surface area (Å²) in [5.41, 5.74) is 8.77. The number of carbonyl (C=O) groups excluding carboxylic acids is 2. The molecule has 0 radical (unpaired) electrons. The fraction of sp³-hybridized carbons (Fsp3) is 0.263. The molecule has 0 bridgehead atoms. The summed E-state index contributed by atoms with van der Waals surface area (Å²) < 4.78 is 0. The number of benzene rings is 2. The lowest BCUT2D eigenvalue weighted by Crippen LogP contribution is -2.48. The molecule has 124 valence electrons. The second-order valence-electron chi connectivity index (χ2n) is 5.97. The molecule has 1 saturated heterocycles. The Morgan fingerprint density at radius 3 is 2.12 bits per heavy atom. The monoisotopic (exact) mass is 323 g/mol. The highest BCUT2D eigenvalue weighted by Gasteiger charge is 2.23. The molecule has 1 aliphatic rings. The van der Waals surface area contributed by atoms with Crippen LogP contribution in [0.2, 0.25) is 0 Å². The van der Waals surface area contributed by atoms with E-state index in [1.807, 2.05) is 41.3 Å². The molecule has 0 saturated carbocycles. The molecule has 1 amide bonds. The van der Waals surface area contributed by atoms with Gasteiger partial charge in [0.2, 0.25) is 0 Å². The molecule has 24 heavy (non-hydrogen) atoms. The van der Waals surface area contributed by atoms with Crippen molar-refractivity contribution in [2.75, 3.05) is 36.8 Å². The summed E-state index contributed by atoms with van der Waals surface area (Å²) >= 11 is 0. The molecule has 0 aromatic heterocycles. The molecular formula is C19H21N3O2. The van der Waals surface area contributed by atoms with Gasteiger partial charge in [0, 0.05) is 43.1 Å². The number of piperazine rings is 1. The molecular weight excluding hydrogens is 302 g/mol. The van der Waals surface area contributed by atoms with E-state index in [-0.39, 0.29) is 11.7 Å². The van der Waals surface area contributed by atoms with Crippen molar-refractivity contribution in [1.82, 2.24) is 4.90 Å². The van der Waals surface area contributed by atoms with Gasteiger partial charge in [-0.15, -0.1) is 0 Å². The molecule has 0 aliphatic carbocycles. The zero-order chi connectivity index (χ0) is 17.1. The Kier molecular flexibility index (Phi) is 4.51. The van der Waals surface area contributed by atoms with Crippen molar-refractivity contribution in [2.45, 2.75) is 6.92 Å². The summed E-state index contributed by atoms with van der Waals surface area (Å²) in [5.74, 6) is 0.0529. The van der Waals surface area contributed by atoms with E-state index in [1.54, 1.807) is 19.1 Å². The van der Waals surface area contributed by atoms with E-state index in [9.17, 15) is 9.59 Å². The maximum Gasteiger partial charge on any atom is 0.256 e. The summed E-state index contributed by atoms with van der Waals surface area (Å²) in [4.78, 5) is 28.0. The number of amides is 1. The highest BCUT2D eigenvalue weighted by molar-refractivity contribution is 5.99. The fourth-order valence-corrected chi connectivity index (χ4v) is 2.94. The van der Waals surface area contributed by atoms with Gasteiger partial charge in [-0.25, -0.2) is 0 Å². The molecule has 1 heterocycles. The van der Waals surface area contributed by atoms with E-state index in [0.29, 0.717) is 29.9 Å². The minimum atomic E-state index is -0.0142. The highest BCUT2D eigenvalue weighted by atomic mass is 16.2. The van der Waals surface area contributed by atoms with Gasteiger partial charge in [0.15, 0.2) is 5.78 Å². The topological polar surface area (TPSA) is 66.6 Å². The third-order valence-corrected chi connectivity index (χ3v) is 4.40. The number of hydrogen-bond acceptors (Lipinski definition) is 4. The maximum atomic E-state index is 12.6. The van der Waals surface area contributed by atoms with Crippen LogP contribution in [-0.4, -0.2) is 42.8 Å². The minimum absolute atomic E-state index is 0.0142. The Balaban J connectivity index is 1.64. The predicted octanol–water partition coefficient (Wildman–Crippen LogP) is 2.43. The summed E-state index contributed by atoms with van der Waals surface area (Å²) in [6.45, 7) is 4.40. The highest BCUT2D eigenvalue weighted by Crippen LogP contribution is 2.20. The molecule has 0 atom stereocenters. The van der Waals surface area contributed by atoms with E-state index in [0.717, 1.165) is 18.8 Å². The van der Waals surface area contributed by atoms with E-state index < -0.39 is 0 Å². The smallest absolute Gasteiger partial charge is 0.256 e. The van der Waals surface area contributed by atoms with Crippen molar-refractivity contribution in [1.29, 1.82) is 0 Å². The number of nitrogen functional groups attached to an aromatic ring is 1. The number of hydrogen-bond donors (Lipinski definition) is 1. The Labute approximate surface area is 141 Å². The number of carbonyl (C=O) groups is 2. The van der Waals surface area contributed by atoms with Crippen molar-refractivity contribution < 1.29 is 9.59 Å². The molecule has 0 spiro atoms.